The van der Waals surface area contributed by atoms with E-state index in [1.54, 1.807) is 10.9 Å². The van der Waals surface area contributed by atoms with Crippen LogP contribution in [-0.4, -0.2) is 27.1 Å². The van der Waals surface area contributed by atoms with Crippen LogP contribution in [0.2, 0.25) is 0 Å². The van der Waals surface area contributed by atoms with Crippen LogP contribution in [0.15, 0.2) is 6.20 Å². The Bertz CT molecular complexity index is 373. The molecular formula is C11H18BrN3O. The number of aromatic nitrogens is 2. The van der Waals surface area contributed by atoms with Crippen LogP contribution < -0.4 is 5.32 Å². The van der Waals surface area contributed by atoms with E-state index in [0.29, 0.717) is 22.9 Å². The maximum Gasteiger partial charge on any atom is 0.254 e. The molecule has 1 aromatic heterocycles. The fraction of sp³-hybridized carbons (Fsp3) is 0.636. The third kappa shape index (κ3) is 3.07. The topological polar surface area (TPSA) is 46.9 Å². The summed E-state index contributed by atoms with van der Waals surface area (Å²) in [4.78, 5) is 12.1. The van der Waals surface area contributed by atoms with Gasteiger partial charge in [0.1, 0.15) is 0 Å². The number of nitrogens with one attached hydrogen (secondary N) is 1. The number of rotatable bonds is 4. The minimum atomic E-state index is -0.0595. The van der Waals surface area contributed by atoms with Crippen LogP contribution in [-0.2, 0) is 7.05 Å². The van der Waals surface area contributed by atoms with E-state index in [1.807, 2.05) is 14.0 Å². The van der Waals surface area contributed by atoms with E-state index < -0.39 is 0 Å². The predicted octanol–water partition coefficient (Wildman–Crippen LogP) is 1.88. The highest BCUT2D eigenvalue weighted by Gasteiger charge is 2.15. The first-order valence-electron chi connectivity index (χ1n) is 5.34. The molecule has 0 aliphatic rings. The van der Waals surface area contributed by atoms with Crippen molar-refractivity contribution in [2.45, 2.75) is 25.6 Å². The fourth-order valence-corrected chi connectivity index (χ4v) is 1.40. The zero-order valence-electron chi connectivity index (χ0n) is 10.1. The highest BCUT2D eigenvalue weighted by Crippen LogP contribution is 2.11. The minimum Gasteiger partial charge on any atom is -0.351 e. The van der Waals surface area contributed by atoms with Gasteiger partial charge in [0.05, 0.1) is 11.8 Å². The summed E-state index contributed by atoms with van der Waals surface area (Å²) in [5.41, 5.74) is 1.53. The van der Waals surface area contributed by atoms with Gasteiger partial charge in [0, 0.05) is 24.1 Å². The van der Waals surface area contributed by atoms with Crippen LogP contribution in [0.3, 0.4) is 0 Å². The Hall–Kier alpha value is -0.840. The Morgan fingerprint density at radius 3 is 2.69 bits per heavy atom. The van der Waals surface area contributed by atoms with Crippen molar-refractivity contribution >= 4 is 21.8 Å². The average Bonchev–Trinajstić information content (AvgIpc) is 2.55. The predicted molar refractivity (Wildman–Crippen MR) is 67.8 cm³/mol. The van der Waals surface area contributed by atoms with Gasteiger partial charge in [0.2, 0.25) is 0 Å². The molecule has 0 radical (unpaired) electrons. The molecular weight excluding hydrogens is 270 g/mol. The van der Waals surface area contributed by atoms with Gasteiger partial charge in [-0.3, -0.25) is 9.48 Å². The van der Waals surface area contributed by atoms with Crippen molar-refractivity contribution in [1.29, 1.82) is 0 Å². The molecule has 0 fully saturated rings. The van der Waals surface area contributed by atoms with E-state index in [9.17, 15) is 4.79 Å². The molecule has 1 amide bonds. The zero-order chi connectivity index (χ0) is 12.3. The van der Waals surface area contributed by atoms with Gasteiger partial charge in [0.25, 0.3) is 5.91 Å². The molecule has 16 heavy (non-hydrogen) atoms. The van der Waals surface area contributed by atoms with E-state index >= 15 is 0 Å². The van der Waals surface area contributed by atoms with Gasteiger partial charge >= 0.3 is 0 Å². The van der Waals surface area contributed by atoms with Crippen LogP contribution in [0.4, 0.5) is 0 Å². The summed E-state index contributed by atoms with van der Waals surface area (Å²) in [5.74, 6) is 0.436. The first-order chi connectivity index (χ1) is 7.43. The van der Waals surface area contributed by atoms with Crippen LogP contribution >= 0.6 is 15.9 Å². The Morgan fingerprint density at radius 2 is 2.25 bits per heavy atom. The molecule has 0 saturated carbocycles. The molecule has 1 unspecified atom stereocenters. The van der Waals surface area contributed by atoms with Crippen molar-refractivity contribution in [3.05, 3.63) is 17.5 Å². The van der Waals surface area contributed by atoms with Crippen LogP contribution in [0.5, 0.6) is 0 Å². The number of halogens is 1. The van der Waals surface area contributed by atoms with Crippen molar-refractivity contribution in [3.8, 4) is 0 Å². The number of amides is 1. The fourth-order valence-electron chi connectivity index (χ4n) is 1.24. The summed E-state index contributed by atoms with van der Waals surface area (Å²) in [6.07, 6.45) is 1.60. The van der Waals surface area contributed by atoms with Gasteiger partial charge in [-0.15, -0.1) is 0 Å². The van der Waals surface area contributed by atoms with E-state index in [2.05, 4.69) is 40.2 Å². The number of aryl methyl sites for hydroxylation is 1. The first kappa shape index (κ1) is 13.2. The molecule has 1 aromatic rings. The average molecular weight is 288 g/mol. The monoisotopic (exact) mass is 287 g/mol. The molecule has 0 bridgehead atoms. The molecule has 90 valence electrons. The molecule has 0 aliphatic carbocycles. The Kier molecular flexibility index (Phi) is 4.53. The van der Waals surface area contributed by atoms with E-state index in [1.165, 1.54) is 0 Å². The number of carbonyl (C=O) groups excluding carboxylic acids is 1. The lowest BCUT2D eigenvalue weighted by molar-refractivity contribution is 0.0952. The van der Waals surface area contributed by atoms with Gasteiger partial charge in [-0.1, -0.05) is 29.8 Å². The molecule has 5 heteroatoms. The van der Waals surface area contributed by atoms with Crippen LogP contribution in [0, 0.1) is 12.8 Å². The summed E-state index contributed by atoms with van der Waals surface area (Å²) in [7, 11) is 1.83. The summed E-state index contributed by atoms with van der Waals surface area (Å²) in [6, 6.07) is 0. The van der Waals surface area contributed by atoms with Gasteiger partial charge < -0.3 is 5.32 Å². The Balaban J connectivity index is 2.57. The summed E-state index contributed by atoms with van der Waals surface area (Å²) < 4.78 is 1.70. The molecule has 1 atom stereocenters. The standard InChI is InChI=1S/C11H18BrN3O/c1-7(2)10(12)6-13-11(16)9-5-14-15(4)8(9)3/h5,7,10H,6H2,1-4H3,(H,13,16). The Morgan fingerprint density at radius 1 is 1.62 bits per heavy atom. The van der Waals surface area contributed by atoms with Gasteiger partial charge in [-0.2, -0.15) is 5.10 Å². The number of hydrogen-bond acceptors (Lipinski definition) is 2. The molecule has 0 aromatic carbocycles. The van der Waals surface area contributed by atoms with E-state index in [-0.39, 0.29) is 5.91 Å². The quantitative estimate of drug-likeness (QED) is 0.860. The number of hydrogen-bond donors (Lipinski definition) is 1. The first-order valence-corrected chi connectivity index (χ1v) is 6.26. The molecule has 1 heterocycles. The molecule has 1 rings (SSSR count). The normalized spacial score (nSPS) is 12.9. The van der Waals surface area contributed by atoms with Crippen molar-refractivity contribution < 1.29 is 4.79 Å². The second-order valence-corrected chi connectivity index (χ2v) is 5.41. The van der Waals surface area contributed by atoms with E-state index in [0.717, 1.165) is 5.69 Å². The Labute approximate surface area is 105 Å². The van der Waals surface area contributed by atoms with Crippen molar-refractivity contribution in [2.75, 3.05) is 6.54 Å². The lowest BCUT2D eigenvalue weighted by Crippen LogP contribution is -2.31. The highest BCUT2D eigenvalue weighted by molar-refractivity contribution is 9.09. The summed E-state index contributed by atoms with van der Waals surface area (Å²) in [5, 5.41) is 6.94. The maximum atomic E-state index is 11.8. The zero-order valence-corrected chi connectivity index (χ0v) is 11.7. The minimum absolute atomic E-state index is 0.0595. The van der Waals surface area contributed by atoms with Gasteiger partial charge in [-0.05, 0) is 12.8 Å². The largest absolute Gasteiger partial charge is 0.351 e. The second kappa shape index (κ2) is 5.48. The molecule has 4 nitrogen and oxygen atoms in total. The number of alkyl halides is 1. The lowest BCUT2D eigenvalue weighted by atomic mass is 10.1. The third-order valence-corrected chi connectivity index (χ3v) is 4.04. The number of carbonyl (C=O) groups is 1. The van der Waals surface area contributed by atoms with Gasteiger partial charge in [0.15, 0.2) is 0 Å². The highest BCUT2D eigenvalue weighted by atomic mass is 79.9. The van der Waals surface area contributed by atoms with Crippen LogP contribution in [0.25, 0.3) is 0 Å². The van der Waals surface area contributed by atoms with Crippen LogP contribution in [0.1, 0.15) is 29.9 Å². The van der Waals surface area contributed by atoms with Crippen molar-refractivity contribution in [1.82, 2.24) is 15.1 Å². The number of nitrogens with zero attached hydrogens (tertiary/aromatic N) is 2. The third-order valence-electron chi connectivity index (χ3n) is 2.66. The SMILES string of the molecule is Cc1c(C(=O)NCC(Br)C(C)C)cnn1C. The smallest absolute Gasteiger partial charge is 0.254 e. The second-order valence-electron chi connectivity index (χ2n) is 4.24. The molecule has 0 aliphatic heterocycles. The lowest BCUT2D eigenvalue weighted by Gasteiger charge is -2.14. The van der Waals surface area contributed by atoms with Crippen molar-refractivity contribution in [2.24, 2.45) is 13.0 Å². The van der Waals surface area contributed by atoms with E-state index in [4.69, 9.17) is 0 Å². The summed E-state index contributed by atoms with van der Waals surface area (Å²) in [6.45, 7) is 6.74. The van der Waals surface area contributed by atoms with Crippen molar-refractivity contribution in [3.63, 3.8) is 0 Å². The molecule has 0 spiro atoms. The van der Waals surface area contributed by atoms with Gasteiger partial charge in [-0.25, -0.2) is 0 Å². The molecule has 1 N–H and O–H groups in total. The molecule has 0 saturated heterocycles. The maximum absolute atomic E-state index is 11.8. The summed E-state index contributed by atoms with van der Waals surface area (Å²) >= 11 is 3.53.